The third kappa shape index (κ3) is 4.96. The first-order valence-electron chi connectivity index (χ1n) is 8.65. The van der Waals surface area contributed by atoms with E-state index < -0.39 is 17.5 Å². The number of rotatable bonds is 4. The number of piperidine rings is 1. The van der Waals surface area contributed by atoms with Gasteiger partial charge in [-0.15, -0.1) is 12.4 Å². The fourth-order valence-electron chi connectivity index (χ4n) is 3.25. The Morgan fingerprint density at radius 2 is 1.96 bits per heavy atom. The molecule has 4 nitrogen and oxygen atoms in total. The molecule has 1 fully saturated rings. The van der Waals surface area contributed by atoms with Gasteiger partial charge in [0, 0.05) is 23.7 Å². The summed E-state index contributed by atoms with van der Waals surface area (Å²) in [6, 6.07) is 8.85. The van der Waals surface area contributed by atoms with Gasteiger partial charge in [0.25, 0.3) is 5.91 Å². The molecular formula is C20H23ClF2N2O2. The van der Waals surface area contributed by atoms with Gasteiger partial charge in [-0.1, -0.05) is 6.07 Å². The second-order valence-corrected chi connectivity index (χ2v) is 6.59. The summed E-state index contributed by atoms with van der Waals surface area (Å²) in [5, 5.41) is 6.19. The first-order valence-corrected chi connectivity index (χ1v) is 8.65. The highest BCUT2D eigenvalue weighted by Crippen LogP contribution is 2.27. The van der Waals surface area contributed by atoms with E-state index in [0.717, 1.165) is 19.4 Å². The first kappa shape index (κ1) is 21.1. The molecule has 146 valence electrons. The van der Waals surface area contributed by atoms with Crippen LogP contribution >= 0.6 is 12.4 Å². The zero-order valence-electron chi connectivity index (χ0n) is 15.2. The average molecular weight is 397 g/mol. The fourth-order valence-corrected chi connectivity index (χ4v) is 3.25. The molecule has 1 aliphatic rings. The van der Waals surface area contributed by atoms with Crippen LogP contribution in [-0.2, 0) is 0 Å². The third-order valence-corrected chi connectivity index (χ3v) is 4.66. The van der Waals surface area contributed by atoms with Gasteiger partial charge in [-0.2, -0.15) is 0 Å². The molecule has 27 heavy (non-hydrogen) atoms. The van der Waals surface area contributed by atoms with Crippen LogP contribution in [0.4, 0.5) is 8.78 Å². The number of benzene rings is 2. The molecule has 3 rings (SSSR count). The number of hydrogen-bond acceptors (Lipinski definition) is 3. The second-order valence-electron chi connectivity index (χ2n) is 6.59. The smallest absolute Gasteiger partial charge is 0.254 e. The molecule has 1 amide bonds. The number of methoxy groups -OCH3 is 1. The zero-order chi connectivity index (χ0) is 18.7. The molecule has 0 bridgehead atoms. The van der Waals surface area contributed by atoms with Crippen molar-refractivity contribution < 1.29 is 18.3 Å². The fraction of sp³-hybridized carbons (Fsp3) is 0.350. The van der Waals surface area contributed by atoms with Crippen molar-refractivity contribution in [2.75, 3.05) is 13.7 Å². The molecule has 0 saturated carbocycles. The highest BCUT2D eigenvalue weighted by Gasteiger charge is 2.22. The molecule has 1 heterocycles. The van der Waals surface area contributed by atoms with Crippen LogP contribution in [-0.4, -0.2) is 31.6 Å². The van der Waals surface area contributed by atoms with Gasteiger partial charge >= 0.3 is 0 Å². The van der Waals surface area contributed by atoms with Crippen LogP contribution in [0.15, 0.2) is 36.4 Å². The summed E-state index contributed by atoms with van der Waals surface area (Å²) < 4.78 is 33.6. The van der Waals surface area contributed by atoms with E-state index in [0.29, 0.717) is 17.4 Å². The van der Waals surface area contributed by atoms with E-state index in [1.54, 1.807) is 12.1 Å². The van der Waals surface area contributed by atoms with Crippen molar-refractivity contribution in [2.45, 2.75) is 31.8 Å². The lowest BCUT2D eigenvalue weighted by atomic mass is 9.99. The summed E-state index contributed by atoms with van der Waals surface area (Å²) in [6.07, 6.45) is 1.62. The van der Waals surface area contributed by atoms with Gasteiger partial charge in [0.1, 0.15) is 17.4 Å². The van der Waals surface area contributed by atoms with Crippen LogP contribution < -0.4 is 15.4 Å². The zero-order valence-corrected chi connectivity index (χ0v) is 16.0. The molecule has 2 aromatic rings. The number of carbonyl (C=O) groups excluding carboxylic acids is 1. The molecule has 2 unspecified atom stereocenters. The van der Waals surface area contributed by atoms with E-state index in [4.69, 9.17) is 4.74 Å². The summed E-state index contributed by atoms with van der Waals surface area (Å²) in [7, 11) is 1.45. The molecule has 2 atom stereocenters. The standard InChI is InChI=1S/C20H22F2N2O2.ClH/c1-12-9-14(7-8-23-12)24-20(25)17-5-3-13(10-18(17)21)16-6-4-15(26-2)11-19(16)22;/h3-6,10-12,14,23H,7-9H2,1-2H3,(H,24,25);1H. The van der Waals surface area contributed by atoms with Gasteiger partial charge in [0.05, 0.1) is 12.7 Å². The van der Waals surface area contributed by atoms with E-state index in [1.807, 2.05) is 0 Å². The Morgan fingerprint density at radius 3 is 2.59 bits per heavy atom. The maximum atomic E-state index is 14.5. The molecule has 0 aromatic heterocycles. The van der Waals surface area contributed by atoms with Crippen LogP contribution in [0.3, 0.4) is 0 Å². The molecule has 1 aliphatic heterocycles. The minimum Gasteiger partial charge on any atom is -0.497 e. The molecule has 2 aromatic carbocycles. The number of nitrogens with one attached hydrogen (secondary N) is 2. The van der Waals surface area contributed by atoms with Crippen LogP contribution in [0.2, 0.25) is 0 Å². The van der Waals surface area contributed by atoms with E-state index >= 15 is 0 Å². The van der Waals surface area contributed by atoms with Gasteiger partial charge in [-0.25, -0.2) is 8.78 Å². The van der Waals surface area contributed by atoms with E-state index in [9.17, 15) is 13.6 Å². The highest BCUT2D eigenvalue weighted by molar-refractivity contribution is 5.95. The van der Waals surface area contributed by atoms with Crippen molar-refractivity contribution in [1.29, 1.82) is 0 Å². The Balaban J connectivity index is 0.00000261. The van der Waals surface area contributed by atoms with Crippen molar-refractivity contribution >= 4 is 18.3 Å². The van der Waals surface area contributed by atoms with Crippen molar-refractivity contribution in [3.63, 3.8) is 0 Å². The monoisotopic (exact) mass is 396 g/mol. The minimum atomic E-state index is -0.669. The molecule has 1 saturated heterocycles. The predicted octanol–water partition coefficient (Wildman–Crippen LogP) is 3.93. The molecule has 7 heteroatoms. The van der Waals surface area contributed by atoms with Crippen LogP contribution in [0.25, 0.3) is 11.1 Å². The third-order valence-electron chi connectivity index (χ3n) is 4.66. The maximum Gasteiger partial charge on any atom is 0.254 e. The van der Waals surface area contributed by atoms with Crippen molar-refractivity contribution in [3.8, 4) is 16.9 Å². The average Bonchev–Trinajstić information content (AvgIpc) is 2.61. The summed E-state index contributed by atoms with van der Waals surface area (Å²) in [4.78, 5) is 12.4. The molecule has 0 radical (unpaired) electrons. The largest absolute Gasteiger partial charge is 0.497 e. The van der Waals surface area contributed by atoms with E-state index in [2.05, 4.69) is 17.6 Å². The van der Waals surface area contributed by atoms with Gasteiger partial charge in [-0.3, -0.25) is 4.79 Å². The quantitative estimate of drug-likeness (QED) is 0.823. The summed E-state index contributed by atoms with van der Waals surface area (Å²) >= 11 is 0. The van der Waals surface area contributed by atoms with Crippen molar-refractivity contribution in [2.24, 2.45) is 0 Å². The van der Waals surface area contributed by atoms with Gasteiger partial charge in [0.15, 0.2) is 0 Å². The Bertz CT molecular complexity index is 817. The summed E-state index contributed by atoms with van der Waals surface area (Å²) in [6.45, 7) is 2.88. The van der Waals surface area contributed by atoms with E-state index in [1.165, 1.54) is 31.4 Å². The predicted molar refractivity (Wildman–Crippen MR) is 104 cm³/mol. The summed E-state index contributed by atoms with van der Waals surface area (Å²) in [5.41, 5.74) is 0.590. The Kier molecular flexibility index (Phi) is 7.16. The first-order chi connectivity index (χ1) is 12.5. The topological polar surface area (TPSA) is 50.4 Å². The van der Waals surface area contributed by atoms with Crippen LogP contribution in [0.1, 0.15) is 30.1 Å². The lowest BCUT2D eigenvalue weighted by molar-refractivity contribution is 0.0921. The second kappa shape index (κ2) is 9.15. The molecular weight excluding hydrogens is 374 g/mol. The number of ether oxygens (including phenoxy) is 1. The van der Waals surface area contributed by atoms with Crippen LogP contribution in [0.5, 0.6) is 5.75 Å². The Labute approximate surface area is 163 Å². The van der Waals surface area contributed by atoms with Crippen molar-refractivity contribution in [3.05, 3.63) is 53.6 Å². The minimum absolute atomic E-state index is 0. The highest BCUT2D eigenvalue weighted by atomic mass is 35.5. The van der Waals surface area contributed by atoms with Crippen molar-refractivity contribution in [1.82, 2.24) is 10.6 Å². The van der Waals surface area contributed by atoms with Gasteiger partial charge < -0.3 is 15.4 Å². The Morgan fingerprint density at radius 1 is 1.19 bits per heavy atom. The number of hydrogen-bond donors (Lipinski definition) is 2. The van der Waals surface area contributed by atoms with E-state index in [-0.39, 0.29) is 29.6 Å². The number of carbonyl (C=O) groups is 1. The molecule has 2 N–H and O–H groups in total. The van der Waals surface area contributed by atoms with Crippen LogP contribution in [0, 0.1) is 11.6 Å². The molecule has 0 aliphatic carbocycles. The number of amides is 1. The lowest BCUT2D eigenvalue weighted by Crippen LogP contribution is -2.46. The molecule has 0 spiro atoms. The number of halogens is 3. The van der Waals surface area contributed by atoms with Gasteiger partial charge in [-0.05, 0) is 56.1 Å². The summed E-state index contributed by atoms with van der Waals surface area (Å²) in [5.74, 6) is -1.23. The normalized spacial score (nSPS) is 19.1. The lowest BCUT2D eigenvalue weighted by Gasteiger charge is -2.28. The maximum absolute atomic E-state index is 14.5. The van der Waals surface area contributed by atoms with Gasteiger partial charge in [0.2, 0.25) is 0 Å². The Hall–Kier alpha value is -2.18. The SMILES string of the molecule is COc1ccc(-c2ccc(C(=O)NC3CCNC(C)C3)c(F)c2)c(F)c1.Cl.